The first-order valence-electron chi connectivity index (χ1n) is 4.80. The van der Waals surface area contributed by atoms with Crippen molar-refractivity contribution in [3.8, 4) is 0 Å². The predicted octanol–water partition coefficient (Wildman–Crippen LogP) is -0.183. The molecule has 1 aliphatic heterocycles. The maximum atomic E-state index is 11.2. The van der Waals surface area contributed by atoms with E-state index in [1.807, 2.05) is 0 Å². The van der Waals surface area contributed by atoms with Gasteiger partial charge in [0.15, 0.2) is 5.56 Å². The summed E-state index contributed by atoms with van der Waals surface area (Å²) in [6.07, 6.45) is 0.806. The minimum atomic E-state index is -1.22. The quantitative estimate of drug-likeness (QED) is 0.444. The molecule has 2 heterocycles. The van der Waals surface area contributed by atoms with Crippen LogP contribution in [0.25, 0.3) is 0 Å². The Morgan fingerprint density at radius 2 is 1.94 bits per heavy atom. The molecule has 0 radical (unpaired) electrons. The zero-order chi connectivity index (χ0) is 13.4. The fourth-order valence-corrected chi connectivity index (χ4v) is 1.53. The van der Waals surface area contributed by atoms with E-state index in [0.717, 1.165) is 6.20 Å². The number of primary amides is 1. The van der Waals surface area contributed by atoms with Crippen molar-refractivity contribution in [1.82, 2.24) is 4.98 Å². The lowest BCUT2D eigenvalue weighted by atomic mass is 10.1. The van der Waals surface area contributed by atoms with E-state index in [2.05, 4.69) is 4.98 Å². The van der Waals surface area contributed by atoms with Gasteiger partial charge in [0.05, 0.1) is 9.85 Å². The van der Waals surface area contributed by atoms with Gasteiger partial charge in [0.1, 0.15) is 6.20 Å². The Morgan fingerprint density at radius 3 is 2.33 bits per heavy atom. The monoisotopic (exact) mass is 253 g/mol. The normalized spacial score (nSPS) is 13.2. The lowest BCUT2D eigenvalue weighted by Gasteiger charge is -2.06. The molecule has 0 aliphatic carbocycles. The topological polar surface area (TPSA) is 145 Å². The second-order valence-corrected chi connectivity index (χ2v) is 3.56. The molecule has 0 unspecified atom stereocenters. The third-order valence-electron chi connectivity index (χ3n) is 2.39. The summed E-state index contributed by atoms with van der Waals surface area (Å²) in [5.41, 5.74) is 2.79. The molecule has 0 aromatic carbocycles. The number of hydrogen-bond acceptors (Lipinski definition) is 7. The van der Waals surface area contributed by atoms with Crippen LogP contribution in [0.2, 0.25) is 0 Å². The molecule has 0 saturated carbocycles. The predicted molar refractivity (Wildman–Crippen MR) is 58.3 cm³/mol. The Hall–Kier alpha value is -2.78. The number of nitro groups is 2. The number of pyridine rings is 1. The van der Waals surface area contributed by atoms with Gasteiger partial charge in [0.25, 0.3) is 5.91 Å². The number of carbonyl (C=O) groups is 1. The molecular formula is C8H7N5O5. The molecule has 18 heavy (non-hydrogen) atoms. The van der Waals surface area contributed by atoms with Gasteiger partial charge in [-0.1, -0.05) is 0 Å². The number of amides is 1. The molecule has 10 nitrogen and oxygen atoms in total. The zero-order valence-corrected chi connectivity index (χ0v) is 8.90. The van der Waals surface area contributed by atoms with Crippen LogP contribution in [-0.2, 0) is 0 Å². The molecule has 94 valence electrons. The van der Waals surface area contributed by atoms with Gasteiger partial charge >= 0.3 is 11.4 Å². The van der Waals surface area contributed by atoms with Crippen molar-refractivity contribution in [2.45, 2.75) is 0 Å². The second kappa shape index (κ2) is 3.91. The van der Waals surface area contributed by atoms with Crippen molar-refractivity contribution in [1.29, 1.82) is 0 Å². The van der Waals surface area contributed by atoms with Crippen LogP contribution in [0, 0.1) is 20.2 Å². The third-order valence-corrected chi connectivity index (χ3v) is 2.39. The molecular weight excluding hydrogens is 246 g/mol. The van der Waals surface area contributed by atoms with E-state index in [9.17, 15) is 25.0 Å². The van der Waals surface area contributed by atoms with Crippen LogP contribution in [0.4, 0.5) is 17.2 Å². The third kappa shape index (κ3) is 1.79. The largest absolute Gasteiger partial charge is 0.365 e. The lowest BCUT2D eigenvalue weighted by molar-refractivity contribution is -0.394. The van der Waals surface area contributed by atoms with Crippen molar-refractivity contribution in [2.75, 3.05) is 18.0 Å². The average Bonchev–Trinajstić information content (AvgIpc) is 3.10. The Kier molecular flexibility index (Phi) is 2.54. The van der Waals surface area contributed by atoms with Crippen LogP contribution < -0.4 is 10.6 Å². The summed E-state index contributed by atoms with van der Waals surface area (Å²) in [5.74, 6) is -1.29. The molecule has 1 aliphatic rings. The molecule has 1 saturated heterocycles. The first kappa shape index (κ1) is 11.7. The van der Waals surface area contributed by atoms with E-state index in [1.165, 1.54) is 4.90 Å². The van der Waals surface area contributed by atoms with E-state index in [0.29, 0.717) is 13.1 Å². The lowest BCUT2D eigenvalue weighted by Crippen LogP contribution is -2.17. The van der Waals surface area contributed by atoms with E-state index in [1.54, 1.807) is 0 Å². The van der Waals surface area contributed by atoms with Gasteiger partial charge in [-0.2, -0.15) is 0 Å². The Balaban J connectivity index is 2.75. The fourth-order valence-electron chi connectivity index (χ4n) is 1.53. The smallest absolute Gasteiger partial charge is 0.331 e. The zero-order valence-electron chi connectivity index (χ0n) is 8.90. The van der Waals surface area contributed by atoms with Gasteiger partial charge in [0.2, 0.25) is 5.82 Å². The van der Waals surface area contributed by atoms with Crippen molar-refractivity contribution >= 4 is 23.1 Å². The van der Waals surface area contributed by atoms with Gasteiger partial charge in [-0.25, -0.2) is 4.98 Å². The van der Waals surface area contributed by atoms with Crippen LogP contribution >= 0.6 is 0 Å². The molecule has 2 rings (SSSR count). The minimum Gasteiger partial charge on any atom is -0.365 e. The van der Waals surface area contributed by atoms with Gasteiger partial charge in [0, 0.05) is 13.1 Å². The van der Waals surface area contributed by atoms with E-state index in [-0.39, 0.29) is 5.82 Å². The van der Waals surface area contributed by atoms with E-state index >= 15 is 0 Å². The highest BCUT2D eigenvalue weighted by atomic mass is 16.6. The first-order chi connectivity index (χ1) is 8.43. The molecule has 1 amide bonds. The second-order valence-electron chi connectivity index (χ2n) is 3.56. The van der Waals surface area contributed by atoms with Crippen LogP contribution in [0.5, 0.6) is 0 Å². The summed E-state index contributed by atoms with van der Waals surface area (Å²) in [6.45, 7) is 1.09. The molecule has 2 N–H and O–H groups in total. The van der Waals surface area contributed by atoms with Gasteiger partial charge < -0.3 is 10.6 Å². The fraction of sp³-hybridized carbons (Fsp3) is 0.250. The Labute approximate surface area is 99.3 Å². The van der Waals surface area contributed by atoms with Crippen LogP contribution in [-0.4, -0.2) is 33.8 Å². The summed E-state index contributed by atoms with van der Waals surface area (Å²) in [4.78, 5) is 36.3. The molecule has 1 fully saturated rings. The summed E-state index contributed by atoms with van der Waals surface area (Å²) in [7, 11) is 0. The summed E-state index contributed by atoms with van der Waals surface area (Å²) in [6, 6.07) is 0. The maximum Gasteiger partial charge on any atom is 0.331 e. The van der Waals surface area contributed by atoms with Crippen molar-refractivity contribution in [3.63, 3.8) is 0 Å². The molecule has 0 atom stereocenters. The van der Waals surface area contributed by atoms with Gasteiger partial charge in [-0.15, -0.1) is 0 Å². The highest BCUT2D eigenvalue weighted by Crippen LogP contribution is 2.37. The Bertz CT molecular complexity index is 567. The number of nitrogens with zero attached hydrogens (tertiary/aromatic N) is 4. The number of nitrogens with two attached hydrogens (primary N) is 1. The molecule has 1 aromatic rings. The van der Waals surface area contributed by atoms with E-state index < -0.39 is 32.7 Å². The first-order valence-corrected chi connectivity index (χ1v) is 4.80. The highest BCUT2D eigenvalue weighted by molar-refractivity contribution is 6.03. The number of carbonyl (C=O) groups excluding carboxylic acids is 1. The number of rotatable bonds is 4. The van der Waals surface area contributed by atoms with Gasteiger partial charge in [-0.3, -0.25) is 25.0 Å². The highest BCUT2D eigenvalue weighted by Gasteiger charge is 2.38. The molecule has 0 bridgehead atoms. The maximum absolute atomic E-state index is 11.2. The van der Waals surface area contributed by atoms with Crippen LogP contribution in [0.15, 0.2) is 6.20 Å². The van der Waals surface area contributed by atoms with Crippen molar-refractivity contribution in [3.05, 3.63) is 32.0 Å². The van der Waals surface area contributed by atoms with Crippen LogP contribution in [0.1, 0.15) is 10.4 Å². The average molecular weight is 253 g/mol. The molecule has 0 spiro atoms. The number of hydrogen-bond donors (Lipinski definition) is 1. The van der Waals surface area contributed by atoms with Crippen molar-refractivity contribution < 1.29 is 14.6 Å². The molecule has 1 aromatic heterocycles. The Morgan fingerprint density at radius 1 is 1.33 bits per heavy atom. The van der Waals surface area contributed by atoms with Crippen LogP contribution in [0.3, 0.4) is 0 Å². The summed E-state index contributed by atoms with van der Waals surface area (Å²) < 4.78 is 0. The van der Waals surface area contributed by atoms with Crippen molar-refractivity contribution in [2.24, 2.45) is 5.73 Å². The summed E-state index contributed by atoms with van der Waals surface area (Å²) in [5, 5.41) is 21.7. The van der Waals surface area contributed by atoms with Gasteiger partial charge in [-0.05, 0) is 0 Å². The standard InChI is InChI=1S/C8H7N5O5/c9-7(14)5-4(12(15)16)3-10-8(11-1-2-11)6(5)13(17)18/h3H,1-2H2,(H2,9,14). The SMILES string of the molecule is NC(=O)c1c([N+](=O)[O-])cnc(N2CC2)c1[N+](=O)[O-]. The number of anilines is 1. The summed E-state index contributed by atoms with van der Waals surface area (Å²) >= 11 is 0. The molecule has 10 heteroatoms. The minimum absolute atomic E-state index is 0.0700. The number of aromatic nitrogens is 1. The van der Waals surface area contributed by atoms with E-state index in [4.69, 9.17) is 5.73 Å².